The predicted molar refractivity (Wildman–Crippen MR) is 52.9 cm³/mol. The van der Waals surface area contributed by atoms with E-state index in [-0.39, 0.29) is 6.61 Å². The number of aliphatic hydroxyl groups excluding tert-OH is 1. The van der Waals surface area contributed by atoms with Gasteiger partial charge in [-0.1, -0.05) is 0 Å². The van der Waals surface area contributed by atoms with Gasteiger partial charge in [0, 0.05) is 6.54 Å². The number of hydrogen-bond acceptors (Lipinski definition) is 4. The monoisotopic (exact) mass is 207 g/mol. The van der Waals surface area contributed by atoms with Crippen molar-refractivity contribution in [3.63, 3.8) is 0 Å². The Morgan fingerprint density at radius 3 is 2.93 bits per heavy atom. The molecule has 1 N–H and O–H groups in total. The van der Waals surface area contributed by atoms with E-state index in [9.17, 15) is 0 Å². The van der Waals surface area contributed by atoms with Gasteiger partial charge in [0.05, 0.1) is 31.4 Å². The molecule has 0 aliphatic rings. The van der Waals surface area contributed by atoms with E-state index in [4.69, 9.17) is 5.11 Å². The normalized spacial score (nSPS) is 10.8. The first-order valence-corrected chi connectivity index (χ1v) is 4.81. The minimum Gasteiger partial charge on any atom is -0.390 e. The van der Waals surface area contributed by atoms with Crippen molar-refractivity contribution in [1.82, 2.24) is 24.3 Å². The molecule has 0 aromatic carbocycles. The number of nitrogens with zero attached hydrogens (tertiary/aromatic N) is 5. The van der Waals surface area contributed by atoms with Gasteiger partial charge in [0.15, 0.2) is 5.82 Å². The molecule has 0 amide bonds. The van der Waals surface area contributed by atoms with Crippen LogP contribution in [0, 0.1) is 0 Å². The molecule has 0 radical (unpaired) electrons. The Labute approximate surface area is 87.2 Å². The lowest BCUT2D eigenvalue weighted by Gasteiger charge is -2.06. The van der Waals surface area contributed by atoms with Gasteiger partial charge in [0.2, 0.25) is 0 Å². The van der Waals surface area contributed by atoms with E-state index >= 15 is 0 Å². The summed E-state index contributed by atoms with van der Waals surface area (Å²) in [5.41, 5.74) is 0.778. The Bertz CT molecular complexity index is 393. The number of hydrogen-bond donors (Lipinski definition) is 1. The average molecular weight is 207 g/mol. The molecule has 0 saturated heterocycles. The van der Waals surface area contributed by atoms with Crippen LogP contribution in [0.25, 0.3) is 0 Å². The fourth-order valence-electron chi connectivity index (χ4n) is 1.44. The first kappa shape index (κ1) is 9.85. The zero-order valence-corrected chi connectivity index (χ0v) is 8.54. The molecule has 2 aromatic heterocycles. The SMILES string of the molecule is CCn1cnnc1Cn1cncc1CO. The molecule has 0 aliphatic carbocycles. The van der Waals surface area contributed by atoms with Crippen molar-refractivity contribution in [1.29, 1.82) is 0 Å². The van der Waals surface area contributed by atoms with Crippen LogP contribution in [0.4, 0.5) is 0 Å². The Morgan fingerprint density at radius 1 is 1.33 bits per heavy atom. The molecule has 6 nitrogen and oxygen atoms in total. The van der Waals surface area contributed by atoms with Gasteiger partial charge in [0.1, 0.15) is 6.33 Å². The quantitative estimate of drug-likeness (QED) is 0.768. The number of imidazole rings is 1. The number of aromatic nitrogens is 5. The van der Waals surface area contributed by atoms with E-state index < -0.39 is 0 Å². The second-order valence-corrected chi connectivity index (χ2v) is 3.20. The summed E-state index contributed by atoms with van der Waals surface area (Å²) in [6.45, 7) is 3.45. The molecule has 2 heterocycles. The first-order chi connectivity index (χ1) is 7.35. The maximum absolute atomic E-state index is 9.06. The highest BCUT2D eigenvalue weighted by molar-refractivity contribution is 4.99. The van der Waals surface area contributed by atoms with Gasteiger partial charge in [0.25, 0.3) is 0 Å². The molecule has 0 unspecified atom stereocenters. The molecule has 0 atom stereocenters. The topological polar surface area (TPSA) is 68.8 Å². The van der Waals surface area contributed by atoms with Gasteiger partial charge in [-0.3, -0.25) is 0 Å². The maximum Gasteiger partial charge on any atom is 0.152 e. The lowest BCUT2D eigenvalue weighted by molar-refractivity contribution is 0.271. The second kappa shape index (κ2) is 4.22. The minimum absolute atomic E-state index is 0.0136. The third kappa shape index (κ3) is 1.89. The third-order valence-electron chi connectivity index (χ3n) is 2.31. The molecule has 80 valence electrons. The predicted octanol–water partition coefficient (Wildman–Crippen LogP) is 0.0351. The summed E-state index contributed by atoms with van der Waals surface area (Å²) < 4.78 is 3.82. The van der Waals surface area contributed by atoms with Crippen LogP contribution in [0.3, 0.4) is 0 Å². The summed E-state index contributed by atoms with van der Waals surface area (Å²) in [7, 11) is 0. The molecule has 0 saturated carbocycles. The van der Waals surface area contributed by atoms with E-state index in [0.717, 1.165) is 18.1 Å². The third-order valence-corrected chi connectivity index (χ3v) is 2.31. The minimum atomic E-state index is -0.0136. The van der Waals surface area contributed by atoms with Crippen molar-refractivity contribution in [2.45, 2.75) is 26.6 Å². The van der Waals surface area contributed by atoms with Crippen LogP contribution < -0.4 is 0 Å². The number of rotatable bonds is 4. The highest BCUT2D eigenvalue weighted by Crippen LogP contribution is 2.04. The molecule has 0 fully saturated rings. The Balaban J connectivity index is 2.21. The second-order valence-electron chi connectivity index (χ2n) is 3.20. The van der Waals surface area contributed by atoms with Crippen molar-refractivity contribution in [3.05, 3.63) is 30.4 Å². The lowest BCUT2D eigenvalue weighted by atomic mass is 10.4. The van der Waals surface area contributed by atoms with Crippen LogP contribution >= 0.6 is 0 Å². The standard InChI is InChI=1S/C9H13N5O/c1-2-13-7-11-12-9(13)4-14-6-10-3-8(14)5-15/h3,6-7,15H,2,4-5H2,1H3. The van der Waals surface area contributed by atoms with Crippen molar-refractivity contribution >= 4 is 0 Å². The van der Waals surface area contributed by atoms with Crippen LogP contribution in [0.15, 0.2) is 18.9 Å². The van der Waals surface area contributed by atoms with Gasteiger partial charge in [-0.15, -0.1) is 10.2 Å². The van der Waals surface area contributed by atoms with Crippen LogP contribution in [0.1, 0.15) is 18.4 Å². The van der Waals surface area contributed by atoms with E-state index in [1.165, 1.54) is 0 Å². The van der Waals surface area contributed by atoms with E-state index in [2.05, 4.69) is 15.2 Å². The Kier molecular flexibility index (Phi) is 2.77. The van der Waals surface area contributed by atoms with Crippen LogP contribution in [-0.2, 0) is 19.7 Å². The van der Waals surface area contributed by atoms with Gasteiger partial charge in [-0.2, -0.15) is 0 Å². The summed E-state index contributed by atoms with van der Waals surface area (Å²) >= 11 is 0. The van der Waals surface area contributed by atoms with Crippen LogP contribution in [0.5, 0.6) is 0 Å². The Hall–Kier alpha value is -1.69. The van der Waals surface area contributed by atoms with Crippen LogP contribution in [0.2, 0.25) is 0 Å². The molecule has 0 aliphatic heterocycles. The summed E-state index contributed by atoms with van der Waals surface area (Å²) in [5.74, 6) is 0.866. The summed E-state index contributed by atoms with van der Waals surface area (Å²) in [5, 5.41) is 16.9. The summed E-state index contributed by atoms with van der Waals surface area (Å²) in [6, 6.07) is 0. The van der Waals surface area contributed by atoms with E-state index in [0.29, 0.717) is 6.54 Å². The number of aryl methyl sites for hydroxylation is 1. The lowest BCUT2D eigenvalue weighted by Crippen LogP contribution is -2.09. The van der Waals surface area contributed by atoms with Gasteiger partial charge < -0.3 is 14.2 Å². The van der Waals surface area contributed by atoms with Gasteiger partial charge >= 0.3 is 0 Å². The molecule has 6 heteroatoms. The fraction of sp³-hybridized carbons (Fsp3) is 0.444. The smallest absolute Gasteiger partial charge is 0.152 e. The molecular formula is C9H13N5O. The molecular weight excluding hydrogens is 194 g/mol. The summed E-state index contributed by atoms with van der Waals surface area (Å²) in [4.78, 5) is 3.97. The van der Waals surface area contributed by atoms with Crippen molar-refractivity contribution < 1.29 is 5.11 Å². The molecule has 0 spiro atoms. The average Bonchev–Trinajstić information content (AvgIpc) is 2.87. The van der Waals surface area contributed by atoms with Gasteiger partial charge in [-0.25, -0.2) is 4.98 Å². The summed E-state index contributed by atoms with van der Waals surface area (Å²) in [6.07, 6.45) is 5.03. The van der Waals surface area contributed by atoms with Crippen LogP contribution in [-0.4, -0.2) is 29.4 Å². The molecule has 15 heavy (non-hydrogen) atoms. The van der Waals surface area contributed by atoms with E-state index in [1.54, 1.807) is 18.9 Å². The molecule has 2 aromatic rings. The maximum atomic E-state index is 9.06. The zero-order valence-electron chi connectivity index (χ0n) is 8.54. The number of aliphatic hydroxyl groups is 1. The zero-order chi connectivity index (χ0) is 10.7. The van der Waals surface area contributed by atoms with Crippen molar-refractivity contribution in [2.75, 3.05) is 0 Å². The van der Waals surface area contributed by atoms with Crippen molar-refractivity contribution in [2.24, 2.45) is 0 Å². The van der Waals surface area contributed by atoms with Gasteiger partial charge in [-0.05, 0) is 6.92 Å². The first-order valence-electron chi connectivity index (χ1n) is 4.81. The Morgan fingerprint density at radius 2 is 2.20 bits per heavy atom. The largest absolute Gasteiger partial charge is 0.390 e. The molecule has 0 bridgehead atoms. The van der Waals surface area contributed by atoms with Crippen molar-refractivity contribution in [3.8, 4) is 0 Å². The van der Waals surface area contributed by atoms with E-state index in [1.807, 2.05) is 16.1 Å². The highest BCUT2D eigenvalue weighted by Gasteiger charge is 2.06. The fourth-order valence-corrected chi connectivity index (χ4v) is 1.44. The highest BCUT2D eigenvalue weighted by atomic mass is 16.3. The molecule has 2 rings (SSSR count).